The zero-order valence-electron chi connectivity index (χ0n) is 18.2. The summed E-state index contributed by atoms with van der Waals surface area (Å²) >= 11 is 0. The van der Waals surface area contributed by atoms with E-state index in [-0.39, 0.29) is 24.0 Å². The third kappa shape index (κ3) is 7.37. The highest BCUT2D eigenvalue weighted by Crippen LogP contribution is 2.19. The van der Waals surface area contributed by atoms with Gasteiger partial charge in [0.1, 0.15) is 0 Å². The van der Waals surface area contributed by atoms with Crippen molar-refractivity contribution in [2.24, 2.45) is 4.99 Å². The summed E-state index contributed by atoms with van der Waals surface area (Å²) in [5.74, 6) is 0.738. The molecule has 0 aliphatic carbocycles. The van der Waals surface area contributed by atoms with E-state index in [1.807, 2.05) is 19.1 Å². The van der Waals surface area contributed by atoms with Gasteiger partial charge < -0.3 is 15.5 Å². The number of benzene rings is 1. The fourth-order valence-electron chi connectivity index (χ4n) is 3.32. The highest BCUT2D eigenvalue weighted by atomic mass is 127. The SMILES string of the molecule is CCNC(=NCc1ccccc1S(=O)(=O)N(C)C)NC1CCN(C(C)C)CC1.I. The maximum absolute atomic E-state index is 12.6. The van der Waals surface area contributed by atoms with Gasteiger partial charge in [-0.05, 0) is 45.2 Å². The zero-order valence-corrected chi connectivity index (χ0v) is 21.3. The number of piperidine rings is 1. The number of rotatable bonds is 7. The van der Waals surface area contributed by atoms with Gasteiger partial charge in [-0.1, -0.05) is 18.2 Å². The smallest absolute Gasteiger partial charge is 0.242 e. The highest BCUT2D eigenvalue weighted by Gasteiger charge is 2.22. The highest BCUT2D eigenvalue weighted by molar-refractivity contribution is 14.0. The molecule has 1 aromatic rings. The van der Waals surface area contributed by atoms with E-state index >= 15 is 0 Å². The summed E-state index contributed by atoms with van der Waals surface area (Å²) in [6.45, 7) is 9.73. The van der Waals surface area contributed by atoms with Crippen LogP contribution >= 0.6 is 24.0 Å². The molecule has 0 radical (unpaired) electrons. The molecular weight excluding hydrogens is 501 g/mol. The molecule has 0 spiro atoms. The number of likely N-dealkylation sites (tertiary alicyclic amines) is 1. The first kappa shape index (κ1) is 26.1. The summed E-state index contributed by atoms with van der Waals surface area (Å²) in [5, 5.41) is 6.80. The van der Waals surface area contributed by atoms with Gasteiger partial charge in [0.05, 0.1) is 11.4 Å². The van der Waals surface area contributed by atoms with Crippen molar-refractivity contribution in [1.29, 1.82) is 0 Å². The van der Waals surface area contributed by atoms with Crippen LogP contribution in [0.5, 0.6) is 0 Å². The maximum Gasteiger partial charge on any atom is 0.242 e. The molecular formula is C20H36IN5O2S. The number of nitrogens with zero attached hydrogens (tertiary/aromatic N) is 3. The zero-order chi connectivity index (χ0) is 20.7. The lowest BCUT2D eigenvalue weighted by Gasteiger charge is -2.35. The average Bonchev–Trinajstić information content (AvgIpc) is 2.66. The molecule has 1 fully saturated rings. The monoisotopic (exact) mass is 537 g/mol. The molecule has 0 aromatic heterocycles. The van der Waals surface area contributed by atoms with Crippen molar-refractivity contribution in [1.82, 2.24) is 19.8 Å². The fraction of sp³-hybridized carbons (Fsp3) is 0.650. The first-order valence-corrected chi connectivity index (χ1v) is 11.5. The number of halogens is 1. The molecule has 0 bridgehead atoms. The summed E-state index contributed by atoms with van der Waals surface area (Å²) in [6, 6.07) is 8.02. The van der Waals surface area contributed by atoms with Gasteiger partial charge in [-0.2, -0.15) is 0 Å². The van der Waals surface area contributed by atoms with Crippen molar-refractivity contribution in [2.45, 2.75) is 57.1 Å². The third-order valence-electron chi connectivity index (χ3n) is 5.08. The second-order valence-corrected chi connectivity index (χ2v) is 9.76. The molecule has 2 N–H and O–H groups in total. The molecule has 1 aliphatic rings. The van der Waals surface area contributed by atoms with Crippen LogP contribution in [-0.4, -0.2) is 69.4 Å². The third-order valence-corrected chi connectivity index (χ3v) is 7.00. The summed E-state index contributed by atoms with van der Waals surface area (Å²) in [7, 11) is -0.399. The quantitative estimate of drug-likeness (QED) is 0.318. The normalized spacial score (nSPS) is 16.7. The van der Waals surface area contributed by atoms with Gasteiger partial charge in [0.2, 0.25) is 10.0 Å². The number of hydrogen-bond donors (Lipinski definition) is 2. The largest absolute Gasteiger partial charge is 0.357 e. The van der Waals surface area contributed by atoms with Crippen molar-refractivity contribution >= 4 is 40.0 Å². The maximum atomic E-state index is 12.6. The molecule has 0 saturated carbocycles. The van der Waals surface area contributed by atoms with E-state index in [0.29, 0.717) is 29.1 Å². The van der Waals surface area contributed by atoms with Crippen molar-refractivity contribution in [3.05, 3.63) is 29.8 Å². The Kier molecular flexibility index (Phi) is 10.9. The molecule has 2 rings (SSSR count). The van der Waals surface area contributed by atoms with E-state index in [9.17, 15) is 8.42 Å². The summed E-state index contributed by atoms with van der Waals surface area (Å²) < 4.78 is 26.4. The van der Waals surface area contributed by atoms with Crippen molar-refractivity contribution in [3.8, 4) is 0 Å². The lowest BCUT2D eigenvalue weighted by molar-refractivity contribution is 0.167. The molecule has 1 aliphatic heterocycles. The van der Waals surface area contributed by atoms with E-state index in [1.54, 1.807) is 26.2 Å². The summed E-state index contributed by atoms with van der Waals surface area (Å²) in [6.07, 6.45) is 2.16. The molecule has 7 nitrogen and oxygen atoms in total. The minimum atomic E-state index is -3.49. The van der Waals surface area contributed by atoms with Crippen molar-refractivity contribution in [2.75, 3.05) is 33.7 Å². The van der Waals surface area contributed by atoms with E-state index in [0.717, 1.165) is 38.4 Å². The lowest BCUT2D eigenvalue weighted by atomic mass is 10.0. The minimum absolute atomic E-state index is 0. The molecule has 0 amide bonds. The molecule has 166 valence electrons. The van der Waals surface area contributed by atoms with Gasteiger partial charge in [-0.15, -0.1) is 24.0 Å². The Balaban J connectivity index is 0.00000420. The van der Waals surface area contributed by atoms with Gasteiger partial charge in [-0.3, -0.25) is 0 Å². The van der Waals surface area contributed by atoms with Crippen molar-refractivity contribution in [3.63, 3.8) is 0 Å². The second-order valence-electron chi connectivity index (χ2n) is 7.64. The molecule has 29 heavy (non-hydrogen) atoms. The molecule has 0 atom stereocenters. The van der Waals surface area contributed by atoms with Gasteiger partial charge in [0.15, 0.2) is 5.96 Å². The Labute approximate surface area is 193 Å². The Hall–Kier alpha value is -0.910. The Morgan fingerprint density at radius 2 is 1.86 bits per heavy atom. The van der Waals surface area contributed by atoms with Crippen LogP contribution in [0.2, 0.25) is 0 Å². The van der Waals surface area contributed by atoms with Gasteiger partial charge in [0, 0.05) is 45.8 Å². The second kappa shape index (κ2) is 12.1. The Morgan fingerprint density at radius 1 is 1.24 bits per heavy atom. The van der Waals surface area contributed by atoms with Gasteiger partial charge >= 0.3 is 0 Å². The van der Waals surface area contributed by atoms with Gasteiger partial charge in [0.25, 0.3) is 0 Å². The van der Waals surface area contributed by atoms with E-state index in [1.165, 1.54) is 4.31 Å². The van der Waals surface area contributed by atoms with Crippen LogP contribution in [0.1, 0.15) is 39.2 Å². The van der Waals surface area contributed by atoms with E-state index < -0.39 is 10.0 Å². The predicted octanol–water partition coefficient (Wildman–Crippen LogP) is 2.48. The van der Waals surface area contributed by atoms with Crippen LogP contribution in [0, 0.1) is 0 Å². The molecule has 9 heteroatoms. The number of aliphatic imine (C=N–C) groups is 1. The van der Waals surface area contributed by atoms with Crippen LogP contribution in [0.15, 0.2) is 34.2 Å². The topological polar surface area (TPSA) is 77.0 Å². The predicted molar refractivity (Wildman–Crippen MR) is 130 cm³/mol. The van der Waals surface area contributed by atoms with E-state index in [4.69, 9.17) is 0 Å². The Morgan fingerprint density at radius 3 is 2.41 bits per heavy atom. The lowest BCUT2D eigenvalue weighted by Crippen LogP contribution is -2.49. The number of nitrogens with one attached hydrogen (secondary N) is 2. The van der Waals surface area contributed by atoms with Crippen LogP contribution in [0.3, 0.4) is 0 Å². The van der Waals surface area contributed by atoms with Crippen molar-refractivity contribution < 1.29 is 8.42 Å². The van der Waals surface area contributed by atoms with Crippen LogP contribution in [0.25, 0.3) is 0 Å². The number of sulfonamides is 1. The molecule has 1 aromatic carbocycles. The van der Waals surface area contributed by atoms with Crippen LogP contribution in [-0.2, 0) is 16.6 Å². The molecule has 0 unspecified atom stereocenters. The summed E-state index contributed by atoms with van der Waals surface area (Å²) in [4.78, 5) is 7.46. The number of guanidine groups is 1. The van der Waals surface area contributed by atoms with Gasteiger partial charge in [-0.25, -0.2) is 17.7 Å². The summed E-state index contributed by atoms with van der Waals surface area (Å²) in [5.41, 5.74) is 0.697. The minimum Gasteiger partial charge on any atom is -0.357 e. The standard InChI is InChI=1S/C20H35N5O2S.HI/c1-6-21-20(23-18-11-13-25(14-12-18)16(2)3)22-15-17-9-7-8-10-19(17)28(26,27)24(4)5;/h7-10,16,18H,6,11-15H2,1-5H3,(H2,21,22,23);1H. The molecule has 1 saturated heterocycles. The fourth-order valence-corrected chi connectivity index (χ4v) is 4.43. The average molecular weight is 538 g/mol. The van der Waals surface area contributed by atoms with Crippen LogP contribution in [0.4, 0.5) is 0 Å². The first-order valence-electron chi connectivity index (χ1n) is 10.0. The Bertz CT molecular complexity index is 760. The number of hydrogen-bond acceptors (Lipinski definition) is 4. The van der Waals surface area contributed by atoms with Crippen LogP contribution < -0.4 is 10.6 Å². The molecule has 1 heterocycles. The van der Waals surface area contributed by atoms with E-state index in [2.05, 4.69) is 34.4 Å². The first-order chi connectivity index (χ1) is 13.3.